The molecule has 3 heteroatoms. The predicted molar refractivity (Wildman–Crippen MR) is 101 cm³/mol. The first-order chi connectivity index (χ1) is 12.3. The zero-order valence-corrected chi connectivity index (χ0v) is 14.1. The van der Waals surface area contributed by atoms with Crippen molar-refractivity contribution in [3.05, 3.63) is 102 Å². The van der Waals surface area contributed by atoms with Crippen LogP contribution in [0.3, 0.4) is 0 Å². The van der Waals surface area contributed by atoms with Crippen molar-refractivity contribution in [1.82, 2.24) is 5.06 Å². The van der Waals surface area contributed by atoms with E-state index in [1.165, 1.54) is 10.8 Å². The van der Waals surface area contributed by atoms with Crippen LogP contribution in [0.25, 0.3) is 0 Å². The van der Waals surface area contributed by atoms with Gasteiger partial charge in [0.15, 0.2) is 0 Å². The fourth-order valence-electron chi connectivity index (χ4n) is 3.59. The van der Waals surface area contributed by atoms with E-state index >= 15 is 0 Å². The summed E-state index contributed by atoms with van der Waals surface area (Å²) in [6.45, 7) is 1.52. The van der Waals surface area contributed by atoms with Crippen molar-refractivity contribution >= 4 is 5.69 Å². The zero-order chi connectivity index (χ0) is 17.1. The van der Waals surface area contributed by atoms with Crippen LogP contribution in [-0.2, 0) is 0 Å². The highest BCUT2D eigenvalue weighted by molar-refractivity contribution is 5.48. The molecule has 0 bridgehead atoms. The molecule has 1 aliphatic heterocycles. The Bertz CT molecular complexity index is 743. The molecule has 4 rings (SSSR count). The SMILES string of the molecule is ON1[C@@H](c2ccccc2)CN(c2ccccc2)C[C@H]1c1ccccc1. The van der Waals surface area contributed by atoms with E-state index in [4.69, 9.17) is 0 Å². The van der Waals surface area contributed by atoms with Gasteiger partial charge in [-0.3, -0.25) is 0 Å². The summed E-state index contributed by atoms with van der Waals surface area (Å²) in [7, 11) is 0. The van der Waals surface area contributed by atoms with E-state index < -0.39 is 0 Å². The van der Waals surface area contributed by atoms with E-state index in [0.29, 0.717) is 0 Å². The molecule has 2 atom stereocenters. The summed E-state index contributed by atoms with van der Waals surface area (Å²) < 4.78 is 0. The van der Waals surface area contributed by atoms with E-state index in [1.54, 1.807) is 0 Å². The van der Waals surface area contributed by atoms with Crippen molar-refractivity contribution in [2.75, 3.05) is 18.0 Å². The second kappa shape index (κ2) is 7.09. The van der Waals surface area contributed by atoms with E-state index in [-0.39, 0.29) is 12.1 Å². The molecule has 0 amide bonds. The molecule has 3 nitrogen and oxygen atoms in total. The molecular formula is C22H22N2O. The Hall–Kier alpha value is -2.62. The van der Waals surface area contributed by atoms with Gasteiger partial charge in [-0.25, -0.2) is 0 Å². The molecule has 1 heterocycles. The van der Waals surface area contributed by atoms with Gasteiger partial charge in [0.1, 0.15) is 0 Å². The van der Waals surface area contributed by atoms with Gasteiger partial charge in [0.25, 0.3) is 0 Å². The Morgan fingerprint density at radius 3 is 1.44 bits per heavy atom. The molecule has 126 valence electrons. The Morgan fingerprint density at radius 1 is 0.600 bits per heavy atom. The highest BCUT2D eigenvalue weighted by Crippen LogP contribution is 2.36. The van der Waals surface area contributed by atoms with E-state index in [9.17, 15) is 5.21 Å². The third-order valence-electron chi connectivity index (χ3n) is 4.92. The quantitative estimate of drug-likeness (QED) is 0.755. The first-order valence-corrected chi connectivity index (χ1v) is 8.70. The number of hydroxylamine groups is 2. The lowest BCUT2D eigenvalue weighted by Gasteiger charge is -2.44. The number of para-hydroxylation sites is 1. The van der Waals surface area contributed by atoms with Gasteiger partial charge < -0.3 is 10.1 Å². The normalized spacial score (nSPS) is 21.2. The molecule has 25 heavy (non-hydrogen) atoms. The molecule has 0 spiro atoms. The lowest BCUT2D eigenvalue weighted by molar-refractivity contribution is -0.170. The van der Waals surface area contributed by atoms with E-state index in [0.717, 1.165) is 24.2 Å². The van der Waals surface area contributed by atoms with Crippen LogP contribution in [0.1, 0.15) is 23.2 Å². The third kappa shape index (κ3) is 3.29. The lowest BCUT2D eigenvalue weighted by Crippen LogP contribution is -2.49. The van der Waals surface area contributed by atoms with Gasteiger partial charge in [-0.1, -0.05) is 78.9 Å². The van der Waals surface area contributed by atoms with Crippen molar-refractivity contribution < 1.29 is 5.21 Å². The van der Waals surface area contributed by atoms with Crippen LogP contribution in [0.2, 0.25) is 0 Å². The Balaban J connectivity index is 1.72. The van der Waals surface area contributed by atoms with Crippen molar-refractivity contribution in [3.63, 3.8) is 0 Å². The first-order valence-electron chi connectivity index (χ1n) is 8.70. The minimum Gasteiger partial charge on any atom is -0.368 e. The molecule has 1 fully saturated rings. The van der Waals surface area contributed by atoms with Crippen LogP contribution >= 0.6 is 0 Å². The second-order valence-electron chi connectivity index (χ2n) is 6.47. The molecule has 3 aromatic rings. The molecule has 3 aromatic carbocycles. The van der Waals surface area contributed by atoms with Gasteiger partial charge in [-0.15, -0.1) is 0 Å². The van der Waals surface area contributed by atoms with Crippen molar-refractivity contribution in [2.45, 2.75) is 12.1 Å². The van der Waals surface area contributed by atoms with Crippen molar-refractivity contribution in [3.8, 4) is 0 Å². The maximum atomic E-state index is 11.0. The zero-order valence-electron chi connectivity index (χ0n) is 14.1. The topological polar surface area (TPSA) is 26.7 Å². The standard InChI is InChI=1S/C22H22N2O/c25-24-21(18-10-4-1-5-11-18)16-23(20-14-8-3-9-15-20)17-22(24)19-12-6-2-7-13-19/h1-15,21-22,25H,16-17H2/t21-,22+. The summed E-state index contributed by atoms with van der Waals surface area (Å²) in [5.41, 5.74) is 3.45. The van der Waals surface area contributed by atoms with Crippen LogP contribution in [0.5, 0.6) is 0 Å². The van der Waals surface area contributed by atoms with Gasteiger partial charge >= 0.3 is 0 Å². The maximum Gasteiger partial charge on any atom is 0.0782 e. The maximum absolute atomic E-state index is 11.0. The fourth-order valence-corrected chi connectivity index (χ4v) is 3.59. The van der Waals surface area contributed by atoms with E-state index in [2.05, 4.69) is 53.4 Å². The molecule has 1 saturated heterocycles. The number of benzene rings is 3. The fraction of sp³-hybridized carbons (Fsp3) is 0.182. The number of hydrogen-bond donors (Lipinski definition) is 1. The Labute approximate surface area is 148 Å². The van der Waals surface area contributed by atoms with Crippen LogP contribution < -0.4 is 4.90 Å². The van der Waals surface area contributed by atoms with Crippen molar-refractivity contribution in [1.29, 1.82) is 0 Å². The molecule has 1 N–H and O–H groups in total. The van der Waals surface area contributed by atoms with Crippen LogP contribution in [0.15, 0.2) is 91.0 Å². The summed E-state index contributed by atoms with van der Waals surface area (Å²) in [6.07, 6.45) is 0. The smallest absolute Gasteiger partial charge is 0.0782 e. The summed E-state index contributed by atoms with van der Waals surface area (Å²) in [5.74, 6) is 0. The lowest BCUT2D eigenvalue weighted by atomic mass is 9.96. The van der Waals surface area contributed by atoms with Gasteiger partial charge in [0, 0.05) is 18.8 Å². The van der Waals surface area contributed by atoms with Crippen LogP contribution in [-0.4, -0.2) is 23.4 Å². The molecule has 0 radical (unpaired) electrons. The van der Waals surface area contributed by atoms with Crippen LogP contribution in [0, 0.1) is 0 Å². The number of hydrogen-bond acceptors (Lipinski definition) is 3. The van der Waals surface area contributed by atoms with Crippen LogP contribution in [0.4, 0.5) is 5.69 Å². The number of nitrogens with zero attached hydrogens (tertiary/aromatic N) is 2. The van der Waals surface area contributed by atoms with E-state index in [1.807, 2.05) is 42.5 Å². The second-order valence-corrected chi connectivity index (χ2v) is 6.47. The minimum atomic E-state index is -0.0691. The third-order valence-corrected chi connectivity index (χ3v) is 4.92. The monoisotopic (exact) mass is 330 g/mol. The molecular weight excluding hydrogens is 308 g/mol. The predicted octanol–water partition coefficient (Wildman–Crippen LogP) is 4.68. The minimum absolute atomic E-state index is 0.0691. The molecule has 1 aliphatic rings. The number of anilines is 1. The summed E-state index contributed by atoms with van der Waals surface area (Å²) in [4.78, 5) is 2.36. The Morgan fingerprint density at radius 2 is 1.00 bits per heavy atom. The summed E-state index contributed by atoms with van der Waals surface area (Å²) >= 11 is 0. The van der Waals surface area contributed by atoms with Gasteiger partial charge in [0.2, 0.25) is 0 Å². The molecule has 0 aromatic heterocycles. The highest BCUT2D eigenvalue weighted by Gasteiger charge is 2.35. The Kier molecular flexibility index (Phi) is 4.51. The number of rotatable bonds is 3. The number of piperazine rings is 1. The van der Waals surface area contributed by atoms with Gasteiger partial charge in [0.05, 0.1) is 12.1 Å². The van der Waals surface area contributed by atoms with Gasteiger partial charge in [-0.2, -0.15) is 5.06 Å². The van der Waals surface area contributed by atoms with Crippen molar-refractivity contribution in [2.24, 2.45) is 0 Å². The van der Waals surface area contributed by atoms with Gasteiger partial charge in [-0.05, 0) is 23.3 Å². The molecule has 0 unspecified atom stereocenters. The summed E-state index contributed by atoms with van der Waals surface area (Å²) in [6, 6.07) is 30.8. The first kappa shape index (κ1) is 15.9. The largest absolute Gasteiger partial charge is 0.368 e. The average molecular weight is 330 g/mol. The molecule has 0 aliphatic carbocycles. The highest BCUT2D eigenvalue weighted by atomic mass is 16.5. The summed E-state index contributed by atoms with van der Waals surface area (Å²) in [5, 5.41) is 12.5. The average Bonchev–Trinajstić information content (AvgIpc) is 2.70. The molecule has 0 saturated carbocycles.